The third-order valence-electron chi connectivity index (χ3n) is 4.95. The van der Waals surface area contributed by atoms with Crippen molar-refractivity contribution in [2.45, 2.75) is 64.5 Å². The number of nitrogens with one attached hydrogen (secondary N) is 1. The molecule has 1 aromatic carbocycles. The molecule has 1 amide bonds. The van der Waals surface area contributed by atoms with Gasteiger partial charge in [0.1, 0.15) is 4.88 Å². The third-order valence-corrected chi connectivity index (χ3v) is 6.17. The van der Waals surface area contributed by atoms with Gasteiger partial charge in [-0.3, -0.25) is 4.79 Å². The molecule has 0 saturated carbocycles. The van der Waals surface area contributed by atoms with Crippen LogP contribution in [0.3, 0.4) is 0 Å². The first kappa shape index (κ1) is 19.6. The van der Waals surface area contributed by atoms with Crippen molar-refractivity contribution < 1.29 is 14.3 Å². The van der Waals surface area contributed by atoms with Crippen LogP contribution in [-0.2, 0) is 28.8 Å². The minimum absolute atomic E-state index is 0.0212. The van der Waals surface area contributed by atoms with Gasteiger partial charge in [0.25, 0.3) is 5.91 Å². The highest BCUT2D eigenvalue weighted by Crippen LogP contribution is 2.30. The Bertz CT molecular complexity index is 761. The quantitative estimate of drug-likeness (QED) is 0.723. The number of fused-ring (bicyclic) bond motifs is 1. The summed E-state index contributed by atoms with van der Waals surface area (Å²) in [4.78, 5) is 26.6. The summed E-state index contributed by atoms with van der Waals surface area (Å²) in [5, 5.41) is 2.94. The van der Waals surface area contributed by atoms with Gasteiger partial charge in [-0.25, -0.2) is 4.79 Å². The number of benzene rings is 1. The molecule has 2 atom stereocenters. The van der Waals surface area contributed by atoms with E-state index in [1.807, 2.05) is 31.2 Å². The molecule has 3 rings (SSSR count). The summed E-state index contributed by atoms with van der Waals surface area (Å²) in [6.07, 6.45) is 5.39. The number of carbonyl (C=O) groups excluding carboxylic acids is 2. The van der Waals surface area contributed by atoms with Crippen LogP contribution in [0, 0.1) is 0 Å². The van der Waals surface area contributed by atoms with Gasteiger partial charge in [0.15, 0.2) is 6.10 Å². The minimum atomic E-state index is -0.796. The molecule has 0 aliphatic heterocycles. The van der Waals surface area contributed by atoms with Crippen LogP contribution >= 0.6 is 11.3 Å². The highest BCUT2D eigenvalue weighted by atomic mass is 32.1. The normalized spacial score (nSPS) is 15.5. The molecule has 5 heteroatoms. The Morgan fingerprint density at radius 2 is 1.89 bits per heavy atom. The van der Waals surface area contributed by atoms with Gasteiger partial charge in [0, 0.05) is 10.9 Å². The smallest absolute Gasteiger partial charge is 0.349 e. The molecule has 1 aromatic heterocycles. The molecule has 0 unspecified atom stereocenters. The molecule has 0 radical (unpaired) electrons. The second-order valence-electron chi connectivity index (χ2n) is 7.25. The first-order valence-electron chi connectivity index (χ1n) is 9.70. The molecule has 27 heavy (non-hydrogen) atoms. The molecule has 1 heterocycles. The van der Waals surface area contributed by atoms with Crippen LogP contribution in [0.1, 0.15) is 58.8 Å². The lowest BCUT2D eigenvalue weighted by Crippen LogP contribution is -2.40. The topological polar surface area (TPSA) is 55.4 Å². The number of amides is 1. The highest BCUT2D eigenvalue weighted by molar-refractivity contribution is 7.14. The number of hydrogen-bond donors (Lipinski definition) is 1. The maximum atomic E-state index is 12.4. The van der Waals surface area contributed by atoms with Crippen LogP contribution in [-0.4, -0.2) is 24.0 Å². The van der Waals surface area contributed by atoms with E-state index in [1.54, 1.807) is 6.92 Å². The van der Waals surface area contributed by atoms with E-state index >= 15 is 0 Å². The summed E-state index contributed by atoms with van der Waals surface area (Å²) >= 11 is 1.51. The predicted octanol–water partition coefficient (Wildman–Crippen LogP) is 4.31. The lowest BCUT2D eigenvalue weighted by atomic mass is 9.99. The van der Waals surface area contributed by atoms with E-state index in [2.05, 4.69) is 17.4 Å². The van der Waals surface area contributed by atoms with Crippen LogP contribution in [0.15, 0.2) is 36.4 Å². The van der Waals surface area contributed by atoms with Crippen LogP contribution in [0.4, 0.5) is 0 Å². The summed E-state index contributed by atoms with van der Waals surface area (Å²) in [5.41, 5.74) is 2.52. The Labute approximate surface area is 164 Å². The van der Waals surface area contributed by atoms with E-state index in [9.17, 15) is 9.59 Å². The average Bonchev–Trinajstić information content (AvgIpc) is 3.11. The lowest BCUT2D eigenvalue weighted by Gasteiger charge is -2.17. The summed E-state index contributed by atoms with van der Waals surface area (Å²) in [7, 11) is 0. The minimum Gasteiger partial charge on any atom is -0.448 e. The first-order valence-corrected chi connectivity index (χ1v) is 10.5. The number of esters is 1. The molecule has 4 nitrogen and oxygen atoms in total. The van der Waals surface area contributed by atoms with Gasteiger partial charge < -0.3 is 10.1 Å². The van der Waals surface area contributed by atoms with Crippen molar-refractivity contribution in [2.75, 3.05) is 0 Å². The van der Waals surface area contributed by atoms with Gasteiger partial charge in [-0.15, -0.1) is 11.3 Å². The average molecular weight is 386 g/mol. The van der Waals surface area contributed by atoms with E-state index < -0.39 is 12.1 Å². The van der Waals surface area contributed by atoms with Crippen molar-refractivity contribution in [2.24, 2.45) is 0 Å². The fourth-order valence-corrected chi connectivity index (χ4v) is 4.46. The SMILES string of the molecule is C[C@H](CCc1ccccc1)NC(=O)[C@@H](C)OC(=O)c1cc2c(s1)CCCC2. The molecule has 0 fully saturated rings. The van der Waals surface area contributed by atoms with Gasteiger partial charge in [0.2, 0.25) is 0 Å². The van der Waals surface area contributed by atoms with Crippen LogP contribution in [0.5, 0.6) is 0 Å². The number of rotatable bonds is 7. The standard InChI is InChI=1S/C22H27NO3S/c1-15(12-13-17-8-4-3-5-9-17)23-21(24)16(2)26-22(25)20-14-18-10-6-7-11-19(18)27-20/h3-5,8-9,14-16H,6-7,10-13H2,1-2H3,(H,23,24)/t15-,16-/m1/s1. The summed E-state index contributed by atoms with van der Waals surface area (Å²) in [5.74, 6) is -0.640. The van der Waals surface area contributed by atoms with Gasteiger partial charge in [0.05, 0.1) is 0 Å². The fraction of sp³-hybridized carbons (Fsp3) is 0.455. The molecule has 1 N–H and O–H groups in total. The van der Waals surface area contributed by atoms with Crippen molar-refractivity contribution in [3.63, 3.8) is 0 Å². The largest absolute Gasteiger partial charge is 0.448 e. The fourth-order valence-electron chi connectivity index (χ4n) is 3.32. The van der Waals surface area contributed by atoms with Crippen molar-refractivity contribution in [1.29, 1.82) is 0 Å². The summed E-state index contributed by atoms with van der Waals surface area (Å²) < 4.78 is 5.40. The van der Waals surface area contributed by atoms with E-state index in [4.69, 9.17) is 4.74 Å². The zero-order valence-corrected chi connectivity index (χ0v) is 16.8. The predicted molar refractivity (Wildman–Crippen MR) is 108 cm³/mol. The number of hydrogen-bond acceptors (Lipinski definition) is 4. The van der Waals surface area contributed by atoms with Gasteiger partial charge in [-0.05, 0) is 69.6 Å². The number of ether oxygens (including phenoxy) is 1. The zero-order chi connectivity index (χ0) is 19.2. The molecular weight excluding hydrogens is 358 g/mol. The molecule has 0 saturated heterocycles. The highest BCUT2D eigenvalue weighted by Gasteiger charge is 2.23. The van der Waals surface area contributed by atoms with E-state index in [0.717, 1.165) is 25.7 Å². The maximum Gasteiger partial charge on any atom is 0.349 e. The van der Waals surface area contributed by atoms with Crippen molar-refractivity contribution in [3.05, 3.63) is 57.3 Å². The molecule has 2 aromatic rings. The van der Waals surface area contributed by atoms with Gasteiger partial charge in [-0.1, -0.05) is 30.3 Å². The van der Waals surface area contributed by atoms with Crippen LogP contribution in [0.2, 0.25) is 0 Å². The van der Waals surface area contributed by atoms with Crippen LogP contribution < -0.4 is 5.32 Å². The van der Waals surface area contributed by atoms with Gasteiger partial charge >= 0.3 is 5.97 Å². The maximum absolute atomic E-state index is 12.4. The summed E-state index contributed by atoms with van der Waals surface area (Å²) in [6, 6.07) is 12.2. The Morgan fingerprint density at radius 1 is 1.15 bits per heavy atom. The summed E-state index contributed by atoms with van der Waals surface area (Å²) in [6.45, 7) is 3.60. The Kier molecular flexibility index (Phi) is 6.67. The number of carbonyl (C=O) groups is 2. The second-order valence-corrected chi connectivity index (χ2v) is 8.38. The molecule has 1 aliphatic rings. The first-order chi connectivity index (χ1) is 13.0. The van der Waals surface area contributed by atoms with E-state index in [1.165, 1.54) is 40.2 Å². The van der Waals surface area contributed by atoms with Crippen molar-refractivity contribution in [1.82, 2.24) is 5.32 Å². The molecular formula is C22H27NO3S. The molecule has 0 spiro atoms. The Morgan fingerprint density at radius 3 is 2.63 bits per heavy atom. The van der Waals surface area contributed by atoms with Crippen molar-refractivity contribution >= 4 is 23.2 Å². The van der Waals surface area contributed by atoms with E-state index in [-0.39, 0.29) is 11.9 Å². The van der Waals surface area contributed by atoms with Crippen molar-refractivity contribution in [3.8, 4) is 0 Å². The Balaban J connectivity index is 1.46. The molecule has 0 bridgehead atoms. The van der Waals surface area contributed by atoms with E-state index in [0.29, 0.717) is 4.88 Å². The number of aryl methyl sites for hydroxylation is 3. The molecule has 144 valence electrons. The van der Waals surface area contributed by atoms with Crippen LogP contribution in [0.25, 0.3) is 0 Å². The lowest BCUT2D eigenvalue weighted by molar-refractivity contribution is -0.129. The zero-order valence-electron chi connectivity index (χ0n) is 16.0. The second kappa shape index (κ2) is 9.18. The molecule has 1 aliphatic carbocycles. The third kappa shape index (κ3) is 5.42. The Hall–Kier alpha value is -2.14. The van der Waals surface area contributed by atoms with Gasteiger partial charge in [-0.2, -0.15) is 0 Å². The number of thiophene rings is 1. The monoisotopic (exact) mass is 385 g/mol.